The van der Waals surface area contributed by atoms with Gasteiger partial charge in [-0.1, -0.05) is 41.9 Å². The third-order valence-electron chi connectivity index (χ3n) is 3.75. The summed E-state index contributed by atoms with van der Waals surface area (Å²) >= 11 is 0. The van der Waals surface area contributed by atoms with E-state index in [1.165, 1.54) is 12.0 Å². The first-order valence-electron chi connectivity index (χ1n) is 6.35. The highest BCUT2D eigenvalue weighted by Crippen LogP contribution is 2.48. The summed E-state index contributed by atoms with van der Waals surface area (Å²) in [6.45, 7) is 0.0529. The van der Waals surface area contributed by atoms with E-state index in [1.807, 2.05) is 18.2 Å². The molecule has 94 valence electrons. The molecule has 2 aromatic rings. The van der Waals surface area contributed by atoms with Crippen molar-refractivity contribution in [3.05, 3.63) is 47.6 Å². The Morgan fingerprint density at radius 3 is 2.61 bits per heavy atom. The lowest BCUT2D eigenvalue weighted by atomic mass is 9.64. The molecule has 1 aliphatic rings. The van der Waals surface area contributed by atoms with Crippen molar-refractivity contribution in [1.82, 2.24) is 10.1 Å². The molecule has 0 saturated heterocycles. The Morgan fingerprint density at radius 2 is 2.00 bits per heavy atom. The van der Waals surface area contributed by atoms with E-state index in [1.54, 1.807) is 0 Å². The number of hydrogen-bond acceptors (Lipinski definition) is 4. The van der Waals surface area contributed by atoms with Crippen LogP contribution in [-0.4, -0.2) is 21.9 Å². The molecular formula is C14H16N2O2. The van der Waals surface area contributed by atoms with Gasteiger partial charge in [0.2, 0.25) is 5.89 Å². The molecule has 1 aromatic heterocycles. The van der Waals surface area contributed by atoms with E-state index in [-0.39, 0.29) is 12.0 Å². The molecule has 3 rings (SSSR count). The zero-order valence-corrected chi connectivity index (χ0v) is 10.2. The Morgan fingerprint density at radius 1 is 1.22 bits per heavy atom. The highest BCUT2D eigenvalue weighted by atomic mass is 16.5. The second-order valence-corrected chi connectivity index (χ2v) is 4.79. The third kappa shape index (κ3) is 1.73. The maximum absolute atomic E-state index is 8.90. The minimum atomic E-state index is -0.0953. The maximum Gasteiger partial charge on any atom is 0.237 e. The second kappa shape index (κ2) is 4.53. The molecule has 1 N–H and O–H groups in total. The molecule has 0 aliphatic heterocycles. The van der Waals surface area contributed by atoms with Gasteiger partial charge in [-0.2, -0.15) is 4.98 Å². The quantitative estimate of drug-likeness (QED) is 0.894. The van der Waals surface area contributed by atoms with Gasteiger partial charge in [0.15, 0.2) is 5.82 Å². The molecule has 1 aromatic carbocycles. The van der Waals surface area contributed by atoms with Crippen molar-refractivity contribution in [2.75, 3.05) is 6.61 Å². The van der Waals surface area contributed by atoms with Crippen LogP contribution >= 0.6 is 0 Å². The second-order valence-electron chi connectivity index (χ2n) is 4.79. The third-order valence-corrected chi connectivity index (χ3v) is 3.75. The zero-order chi connectivity index (χ0) is 12.4. The fraction of sp³-hybridized carbons (Fsp3) is 0.429. The number of rotatable bonds is 4. The Kier molecular flexibility index (Phi) is 2.88. The molecule has 4 nitrogen and oxygen atoms in total. The summed E-state index contributed by atoms with van der Waals surface area (Å²) < 4.78 is 5.41. The Labute approximate surface area is 106 Å². The van der Waals surface area contributed by atoms with E-state index in [9.17, 15) is 0 Å². The molecule has 4 heteroatoms. The van der Waals surface area contributed by atoms with Gasteiger partial charge in [0, 0.05) is 6.42 Å². The van der Waals surface area contributed by atoms with Gasteiger partial charge in [-0.05, 0) is 18.4 Å². The smallest absolute Gasteiger partial charge is 0.237 e. The van der Waals surface area contributed by atoms with Crippen LogP contribution in [0.25, 0.3) is 0 Å². The van der Waals surface area contributed by atoms with Crippen LogP contribution in [0.5, 0.6) is 0 Å². The van der Waals surface area contributed by atoms with Gasteiger partial charge in [0.05, 0.1) is 12.0 Å². The average Bonchev–Trinajstić information content (AvgIpc) is 2.79. The van der Waals surface area contributed by atoms with E-state index in [4.69, 9.17) is 9.63 Å². The Balaban J connectivity index is 1.96. The first kappa shape index (κ1) is 11.4. The van der Waals surface area contributed by atoms with Crippen LogP contribution in [0.4, 0.5) is 0 Å². The number of hydrogen-bond donors (Lipinski definition) is 1. The SMILES string of the molecule is OCCc1noc(C2(c3ccccc3)CCC2)n1. The number of aliphatic hydroxyl groups excluding tert-OH is 1. The number of nitrogens with zero attached hydrogens (tertiary/aromatic N) is 2. The van der Waals surface area contributed by atoms with Crippen LogP contribution < -0.4 is 0 Å². The topological polar surface area (TPSA) is 59.2 Å². The van der Waals surface area contributed by atoms with Crippen LogP contribution in [-0.2, 0) is 11.8 Å². The fourth-order valence-electron chi connectivity index (χ4n) is 2.56. The van der Waals surface area contributed by atoms with Crippen molar-refractivity contribution in [1.29, 1.82) is 0 Å². The van der Waals surface area contributed by atoms with Gasteiger partial charge in [0.1, 0.15) is 0 Å². The molecule has 0 atom stereocenters. The summed E-state index contributed by atoms with van der Waals surface area (Å²) in [5.41, 5.74) is 1.15. The predicted octanol–water partition coefficient (Wildman–Crippen LogP) is 2.07. The van der Waals surface area contributed by atoms with Crippen molar-refractivity contribution < 1.29 is 9.63 Å². The van der Waals surface area contributed by atoms with Crippen molar-refractivity contribution >= 4 is 0 Å². The first-order valence-corrected chi connectivity index (χ1v) is 6.35. The molecule has 18 heavy (non-hydrogen) atoms. The van der Waals surface area contributed by atoms with E-state index in [0.29, 0.717) is 18.1 Å². The van der Waals surface area contributed by atoms with Crippen LogP contribution in [0.3, 0.4) is 0 Å². The van der Waals surface area contributed by atoms with Crippen molar-refractivity contribution in [3.8, 4) is 0 Å². The lowest BCUT2D eigenvalue weighted by Gasteiger charge is -2.38. The van der Waals surface area contributed by atoms with Gasteiger partial charge < -0.3 is 9.63 Å². The minimum Gasteiger partial charge on any atom is -0.396 e. The fourth-order valence-corrected chi connectivity index (χ4v) is 2.56. The number of aromatic nitrogens is 2. The normalized spacial score (nSPS) is 17.4. The average molecular weight is 244 g/mol. The van der Waals surface area contributed by atoms with Gasteiger partial charge in [-0.25, -0.2) is 0 Å². The summed E-state index contributed by atoms with van der Waals surface area (Å²) in [5, 5.41) is 12.8. The van der Waals surface area contributed by atoms with Crippen molar-refractivity contribution in [2.24, 2.45) is 0 Å². The molecule has 0 spiro atoms. The molecule has 1 fully saturated rings. The number of aliphatic hydroxyl groups is 1. The standard InChI is InChI=1S/C14H16N2O2/c17-10-7-12-15-13(18-16-12)14(8-4-9-14)11-5-2-1-3-6-11/h1-3,5-6,17H,4,7-10H2. The molecule has 0 radical (unpaired) electrons. The summed E-state index contributed by atoms with van der Waals surface area (Å²) in [4.78, 5) is 4.43. The molecular weight excluding hydrogens is 228 g/mol. The first-order chi connectivity index (χ1) is 8.85. The highest BCUT2D eigenvalue weighted by Gasteiger charge is 2.45. The van der Waals surface area contributed by atoms with Gasteiger partial charge in [-0.3, -0.25) is 0 Å². The van der Waals surface area contributed by atoms with E-state index in [0.717, 1.165) is 12.8 Å². The van der Waals surface area contributed by atoms with Gasteiger partial charge in [-0.15, -0.1) is 0 Å². The molecule has 0 unspecified atom stereocenters. The van der Waals surface area contributed by atoms with Crippen LogP contribution in [0, 0.1) is 0 Å². The summed E-state index contributed by atoms with van der Waals surface area (Å²) in [6.07, 6.45) is 3.75. The zero-order valence-electron chi connectivity index (χ0n) is 10.2. The lowest BCUT2D eigenvalue weighted by molar-refractivity contribution is 0.216. The van der Waals surface area contributed by atoms with Crippen LogP contribution in [0.15, 0.2) is 34.9 Å². The summed E-state index contributed by atoms with van der Waals surface area (Å²) in [7, 11) is 0. The minimum absolute atomic E-state index is 0.0529. The van der Waals surface area contributed by atoms with E-state index < -0.39 is 0 Å². The van der Waals surface area contributed by atoms with Crippen LogP contribution in [0.1, 0.15) is 36.5 Å². The van der Waals surface area contributed by atoms with E-state index >= 15 is 0 Å². The molecule has 0 bridgehead atoms. The summed E-state index contributed by atoms with van der Waals surface area (Å²) in [6, 6.07) is 10.3. The van der Waals surface area contributed by atoms with E-state index in [2.05, 4.69) is 22.3 Å². The molecule has 1 aliphatic carbocycles. The Hall–Kier alpha value is -1.68. The monoisotopic (exact) mass is 244 g/mol. The van der Waals surface area contributed by atoms with Gasteiger partial charge >= 0.3 is 0 Å². The van der Waals surface area contributed by atoms with Crippen molar-refractivity contribution in [2.45, 2.75) is 31.1 Å². The largest absolute Gasteiger partial charge is 0.396 e. The van der Waals surface area contributed by atoms with Crippen LogP contribution in [0.2, 0.25) is 0 Å². The predicted molar refractivity (Wildman–Crippen MR) is 66.2 cm³/mol. The summed E-state index contributed by atoms with van der Waals surface area (Å²) in [5.74, 6) is 1.29. The lowest BCUT2D eigenvalue weighted by Crippen LogP contribution is -2.35. The molecule has 1 saturated carbocycles. The Bertz CT molecular complexity index is 518. The number of benzene rings is 1. The van der Waals surface area contributed by atoms with Gasteiger partial charge in [0.25, 0.3) is 0 Å². The molecule has 0 amide bonds. The maximum atomic E-state index is 8.90. The molecule has 1 heterocycles. The van der Waals surface area contributed by atoms with Crippen molar-refractivity contribution in [3.63, 3.8) is 0 Å². The highest BCUT2D eigenvalue weighted by molar-refractivity contribution is 5.34.